The molecule has 0 atom stereocenters. The van der Waals surface area contributed by atoms with E-state index in [9.17, 15) is 8.42 Å². The molecule has 4 nitrogen and oxygen atoms in total. The Morgan fingerprint density at radius 2 is 2.06 bits per heavy atom. The molecule has 0 spiro atoms. The van der Waals surface area contributed by atoms with Crippen LogP contribution in [0.1, 0.15) is 18.7 Å². The van der Waals surface area contributed by atoms with Crippen LogP contribution >= 0.6 is 11.3 Å². The van der Waals surface area contributed by atoms with Crippen molar-refractivity contribution in [3.63, 3.8) is 0 Å². The average molecular weight is 263 g/mol. The van der Waals surface area contributed by atoms with Crippen LogP contribution in [0.25, 0.3) is 0 Å². The Labute approximate surface area is 101 Å². The van der Waals surface area contributed by atoms with Crippen molar-refractivity contribution in [2.45, 2.75) is 30.5 Å². The summed E-state index contributed by atoms with van der Waals surface area (Å²) >= 11 is 1.22. The Morgan fingerprint density at radius 3 is 2.56 bits per heavy atom. The third kappa shape index (κ3) is 2.82. The number of thiophene rings is 1. The van der Waals surface area contributed by atoms with E-state index in [4.69, 9.17) is 5.11 Å². The molecule has 0 fully saturated rings. The second kappa shape index (κ2) is 5.27. The fourth-order valence-corrected chi connectivity index (χ4v) is 4.06. The molecule has 0 unspecified atom stereocenters. The zero-order chi connectivity index (χ0) is 12.3. The maximum atomic E-state index is 12.1. The van der Waals surface area contributed by atoms with E-state index >= 15 is 0 Å². The maximum Gasteiger partial charge on any atom is 0.252 e. The van der Waals surface area contributed by atoms with Crippen LogP contribution in [0.5, 0.6) is 0 Å². The van der Waals surface area contributed by atoms with Crippen molar-refractivity contribution >= 4 is 21.4 Å². The van der Waals surface area contributed by atoms with E-state index in [2.05, 4.69) is 0 Å². The minimum atomic E-state index is -3.37. The van der Waals surface area contributed by atoms with Gasteiger partial charge in [-0.25, -0.2) is 8.42 Å². The molecule has 0 amide bonds. The van der Waals surface area contributed by atoms with Crippen LogP contribution in [-0.2, 0) is 16.4 Å². The van der Waals surface area contributed by atoms with Gasteiger partial charge in [-0.3, -0.25) is 0 Å². The van der Waals surface area contributed by atoms with Gasteiger partial charge in [0.1, 0.15) is 4.21 Å². The van der Waals surface area contributed by atoms with Gasteiger partial charge in [-0.05, 0) is 26.0 Å². The summed E-state index contributed by atoms with van der Waals surface area (Å²) in [7, 11) is -1.79. The summed E-state index contributed by atoms with van der Waals surface area (Å²) in [5, 5.41) is 8.78. The quantitative estimate of drug-likeness (QED) is 0.871. The topological polar surface area (TPSA) is 57.6 Å². The number of sulfonamides is 1. The molecule has 1 aromatic rings. The van der Waals surface area contributed by atoms with Crippen molar-refractivity contribution in [3.05, 3.63) is 17.0 Å². The van der Waals surface area contributed by atoms with Crippen molar-refractivity contribution in [1.29, 1.82) is 0 Å². The van der Waals surface area contributed by atoms with Crippen molar-refractivity contribution in [2.24, 2.45) is 0 Å². The van der Waals surface area contributed by atoms with Gasteiger partial charge < -0.3 is 5.11 Å². The lowest BCUT2D eigenvalue weighted by molar-refractivity contribution is 0.300. The molecule has 0 aromatic carbocycles. The molecule has 0 aliphatic carbocycles. The molecule has 16 heavy (non-hydrogen) atoms. The number of hydrogen-bond acceptors (Lipinski definition) is 4. The van der Waals surface area contributed by atoms with Gasteiger partial charge in [0.25, 0.3) is 10.0 Å². The van der Waals surface area contributed by atoms with Crippen LogP contribution in [0.15, 0.2) is 16.3 Å². The number of aliphatic hydroxyl groups is 1. The molecule has 1 aromatic heterocycles. The zero-order valence-corrected chi connectivity index (χ0v) is 11.3. The first-order valence-corrected chi connectivity index (χ1v) is 7.33. The maximum absolute atomic E-state index is 12.1. The van der Waals surface area contributed by atoms with Crippen LogP contribution in [0.2, 0.25) is 0 Å². The van der Waals surface area contributed by atoms with Crippen molar-refractivity contribution in [3.8, 4) is 0 Å². The van der Waals surface area contributed by atoms with E-state index in [1.54, 1.807) is 19.2 Å². The highest BCUT2D eigenvalue weighted by molar-refractivity contribution is 7.91. The van der Waals surface area contributed by atoms with Crippen LogP contribution in [0.3, 0.4) is 0 Å². The first kappa shape index (κ1) is 13.6. The number of rotatable bonds is 5. The van der Waals surface area contributed by atoms with E-state index in [1.165, 1.54) is 15.6 Å². The van der Waals surface area contributed by atoms with E-state index in [0.29, 0.717) is 10.6 Å². The first-order valence-electron chi connectivity index (χ1n) is 5.07. The third-order valence-electron chi connectivity index (χ3n) is 2.36. The van der Waals surface area contributed by atoms with Gasteiger partial charge in [-0.1, -0.05) is 0 Å². The lowest BCUT2D eigenvalue weighted by atomic mass is 10.4. The fraction of sp³-hybridized carbons (Fsp3) is 0.600. The molecule has 0 saturated carbocycles. The molecule has 1 rings (SSSR count). The molecule has 0 aliphatic rings. The standard InChI is InChI=1S/C10H17NO3S2/c1-8(2)11(3)16(13,14)10-5-4-9(15-10)6-7-12/h4-5,8,12H,6-7H2,1-3H3. The van der Waals surface area contributed by atoms with Gasteiger partial charge in [-0.15, -0.1) is 11.3 Å². The number of nitrogens with zero attached hydrogens (tertiary/aromatic N) is 1. The molecule has 92 valence electrons. The molecule has 1 heterocycles. The van der Waals surface area contributed by atoms with E-state index < -0.39 is 10.0 Å². The summed E-state index contributed by atoms with van der Waals surface area (Å²) in [5.41, 5.74) is 0. The molecule has 0 radical (unpaired) electrons. The lowest BCUT2D eigenvalue weighted by Gasteiger charge is -2.19. The van der Waals surface area contributed by atoms with Gasteiger partial charge in [-0.2, -0.15) is 4.31 Å². The van der Waals surface area contributed by atoms with E-state index in [0.717, 1.165) is 4.88 Å². The minimum absolute atomic E-state index is 0.0417. The Kier molecular flexibility index (Phi) is 4.49. The molecule has 1 N–H and O–H groups in total. The van der Waals surface area contributed by atoms with Crippen LogP contribution in [0.4, 0.5) is 0 Å². The van der Waals surface area contributed by atoms with Crippen molar-refractivity contribution in [2.75, 3.05) is 13.7 Å². The van der Waals surface area contributed by atoms with Gasteiger partial charge in [0, 0.05) is 31.0 Å². The molecular weight excluding hydrogens is 246 g/mol. The smallest absolute Gasteiger partial charge is 0.252 e. The molecular formula is C10H17NO3S2. The predicted octanol–water partition coefficient (Wildman–Crippen LogP) is 1.31. The fourth-order valence-electron chi connectivity index (χ4n) is 1.16. The van der Waals surface area contributed by atoms with Crippen LogP contribution in [0, 0.1) is 0 Å². The van der Waals surface area contributed by atoms with Crippen molar-refractivity contribution in [1.82, 2.24) is 4.31 Å². The van der Waals surface area contributed by atoms with Crippen LogP contribution in [-0.4, -0.2) is 37.5 Å². The summed E-state index contributed by atoms with van der Waals surface area (Å²) in [6.45, 7) is 3.71. The Morgan fingerprint density at radius 1 is 1.44 bits per heavy atom. The normalized spacial score (nSPS) is 12.6. The Hall–Kier alpha value is -0.430. The highest BCUT2D eigenvalue weighted by atomic mass is 32.2. The Bertz CT molecular complexity index is 437. The minimum Gasteiger partial charge on any atom is -0.396 e. The SMILES string of the molecule is CC(C)N(C)S(=O)(=O)c1ccc(CCO)s1. The highest BCUT2D eigenvalue weighted by Crippen LogP contribution is 2.25. The first-order chi connectivity index (χ1) is 7.39. The Balaban J connectivity index is 2.98. The van der Waals surface area contributed by atoms with E-state index in [-0.39, 0.29) is 12.6 Å². The summed E-state index contributed by atoms with van der Waals surface area (Å²) in [5.74, 6) is 0. The third-order valence-corrected chi connectivity index (χ3v) is 6.00. The largest absolute Gasteiger partial charge is 0.396 e. The second-order valence-corrected chi connectivity index (χ2v) is 7.20. The summed E-state index contributed by atoms with van der Waals surface area (Å²) < 4.78 is 25.8. The number of hydrogen-bond donors (Lipinski definition) is 1. The molecule has 0 saturated heterocycles. The monoisotopic (exact) mass is 263 g/mol. The van der Waals surface area contributed by atoms with Gasteiger partial charge >= 0.3 is 0 Å². The number of aliphatic hydroxyl groups excluding tert-OH is 1. The average Bonchev–Trinajstić information content (AvgIpc) is 2.66. The van der Waals surface area contributed by atoms with E-state index in [1.807, 2.05) is 13.8 Å². The summed E-state index contributed by atoms with van der Waals surface area (Å²) in [4.78, 5) is 0.887. The lowest BCUT2D eigenvalue weighted by Crippen LogP contribution is -2.32. The van der Waals surface area contributed by atoms with Gasteiger partial charge in [0.05, 0.1) is 0 Å². The zero-order valence-electron chi connectivity index (χ0n) is 9.67. The van der Waals surface area contributed by atoms with Gasteiger partial charge in [0.15, 0.2) is 0 Å². The predicted molar refractivity (Wildman–Crippen MR) is 65.2 cm³/mol. The van der Waals surface area contributed by atoms with Crippen molar-refractivity contribution < 1.29 is 13.5 Å². The highest BCUT2D eigenvalue weighted by Gasteiger charge is 2.24. The molecule has 0 bridgehead atoms. The molecule has 0 aliphatic heterocycles. The summed E-state index contributed by atoms with van der Waals surface area (Å²) in [6, 6.07) is 3.29. The molecule has 6 heteroatoms. The van der Waals surface area contributed by atoms with Gasteiger partial charge in [0.2, 0.25) is 0 Å². The van der Waals surface area contributed by atoms with Crippen LogP contribution < -0.4 is 0 Å². The second-order valence-electron chi connectivity index (χ2n) is 3.81. The summed E-state index contributed by atoms with van der Waals surface area (Å²) in [6.07, 6.45) is 0.506.